The van der Waals surface area contributed by atoms with Crippen LogP contribution in [0.25, 0.3) is 0 Å². The van der Waals surface area contributed by atoms with Gasteiger partial charge in [-0.1, -0.05) is 24.3 Å². The average molecular weight is 473 g/mol. The van der Waals surface area contributed by atoms with Gasteiger partial charge >= 0.3 is 0 Å². The second-order valence-electron chi connectivity index (χ2n) is 6.67. The fraction of sp³-hybridized carbons (Fsp3) is 0.182. The molecule has 0 saturated carbocycles. The number of halogens is 1. The largest absolute Gasteiger partial charge is 0.298 e. The molecule has 3 rings (SSSR count). The normalized spacial score (nSPS) is 11.2. The molecule has 29 heavy (non-hydrogen) atoms. The molecule has 0 aliphatic carbocycles. The molecule has 1 aromatic heterocycles. The van der Waals surface area contributed by atoms with E-state index in [2.05, 4.69) is 20.9 Å². The van der Waals surface area contributed by atoms with E-state index in [1.54, 1.807) is 42.7 Å². The van der Waals surface area contributed by atoms with Gasteiger partial charge in [-0.15, -0.1) is 0 Å². The average Bonchev–Trinajstić information content (AvgIpc) is 2.73. The first-order chi connectivity index (χ1) is 13.9. The van der Waals surface area contributed by atoms with Crippen LogP contribution in [0.2, 0.25) is 0 Å². The molecule has 0 spiro atoms. The van der Waals surface area contributed by atoms with Crippen molar-refractivity contribution in [2.24, 2.45) is 0 Å². The highest BCUT2D eigenvalue weighted by Crippen LogP contribution is 2.31. The molecule has 0 amide bonds. The number of hydrogen-bond donors (Lipinski definition) is 0. The Kier molecular flexibility index (Phi) is 6.82. The Morgan fingerprint density at radius 3 is 2.41 bits per heavy atom. The van der Waals surface area contributed by atoms with Crippen molar-refractivity contribution < 1.29 is 13.2 Å². The third kappa shape index (κ3) is 5.31. The monoisotopic (exact) mass is 472 g/mol. The van der Waals surface area contributed by atoms with Crippen molar-refractivity contribution >= 4 is 37.4 Å². The van der Waals surface area contributed by atoms with E-state index in [9.17, 15) is 13.2 Å². The molecular weight excluding hydrogens is 452 g/mol. The van der Waals surface area contributed by atoms with Crippen molar-refractivity contribution in [3.05, 3.63) is 88.7 Å². The van der Waals surface area contributed by atoms with Crippen molar-refractivity contribution in [2.45, 2.75) is 24.7 Å². The summed E-state index contributed by atoms with van der Waals surface area (Å²) in [6, 6.07) is 17.3. The summed E-state index contributed by atoms with van der Waals surface area (Å²) in [5.41, 5.74) is 2.34. The van der Waals surface area contributed by atoms with Gasteiger partial charge in [0, 0.05) is 23.3 Å². The van der Waals surface area contributed by atoms with E-state index < -0.39 is 10.0 Å². The maximum atomic E-state index is 13.4. The summed E-state index contributed by atoms with van der Waals surface area (Å²) >= 11 is 3.44. The van der Waals surface area contributed by atoms with Crippen LogP contribution in [0.15, 0.2) is 82.4 Å². The lowest BCUT2D eigenvalue weighted by Gasteiger charge is -2.25. The lowest BCUT2D eigenvalue weighted by Crippen LogP contribution is -2.36. The molecule has 7 heteroatoms. The van der Waals surface area contributed by atoms with Crippen molar-refractivity contribution in [1.29, 1.82) is 0 Å². The Morgan fingerprint density at radius 2 is 1.72 bits per heavy atom. The van der Waals surface area contributed by atoms with Gasteiger partial charge in [0.05, 0.1) is 17.1 Å². The first-order valence-electron chi connectivity index (χ1n) is 9.12. The van der Waals surface area contributed by atoms with Crippen molar-refractivity contribution in [3.8, 4) is 0 Å². The van der Waals surface area contributed by atoms with Gasteiger partial charge in [-0.25, -0.2) is 8.42 Å². The number of carbonyl (C=O) groups is 1. The van der Waals surface area contributed by atoms with Crippen molar-refractivity contribution in [2.75, 3.05) is 10.8 Å². The van der Waals surface area contributed by atoms with E-state index in [1.165, 1.54) is 16.4 Å². The maximum absolute atomic E-state index is 13.4. The van der Waals surface area contributed by atoms with Gasteiger partial charge < -0.3 is 0 Å². The standard InChI is InChI=1S/C22H21BrN2O3S/c1-17-7-10-21(23)22(15-17)25(29(27,28)20-5-3-2-4-6-20)16-19(26)9-8-18-11-13-24-14-12-18/h2-7,10-15H,8-9,16H2,1H3. The summed E-state index contributed by atoms with van der Waals surface area (Å²) in [7, 11) is -3.90. The number of aromatic nitrogens is 1. The van der Waals surface area contributed by atoms with E-state index in [1.807, 2.05) is 25.1 Å². The number of carbonyl (C=O) groups excluding carboxylic acids is 1. The van der Waals surface area contributed by atoms with Crippen LogP contribution in [-0.4, -0.2) is 25.7 Å². The zero-order valence-corrected chi connectivity index (χ0v) is 18.4. The number of aryl methyl sites for hydroxylation is 2. The molecule has 3 aromatic rings. The van der Waals surface area contributed by atoms with E-state index in [0.717, 1.165) is 11.1 Å². The number of benzene rings is 2. The molecule has 0 atom stereocenters. The highest BCUT2D eigenvalue weighted by Gasteiger charge is 2.28. The fourth-order valence-corrected chi connectivity index (χ4v) is 4.96. The molecule has 2 aromatic carbocycles. The maximum Gasteiger partial charge on any atom is 0.264 e. The van der Waals surface area contributed by atoms with Crippen LogP contribution in [0.3, 0.4) is 0 Å². The van der Waals surface area contributed by atoms with E-state index in [0.29, 0.717) is 16.6 Å². The Balaban J connectivity index is 1.91. The van der Waals surface area contributed by atoms with E-state index >= 15 is 0 Å². The third-order valence-electron chi connectivity index (χ3n) is 4.46. The van der Waals surface area contributed by atoms with Gasteiger partial charge in [0.25, 0.3) is 10.0 Å². The molecule has 0 aliphatic rings. The Hall–Kier alpha value is -2.51. The van der Waals surface area contributed by atoms with Crippen LogP contribution in [0, 0.1) is 6.92 Å². The SMILES string of the molecule is Cc1ccc(Br)c(N(CC(=O)CCc2ccncc2)S(=O)(=O)c2ccccc2)c1. The molecule has 5 nitrogen and oxygen atoms in total. The van der Waals surface area contributed by atoms with Crippen molar-refractivity contribution in [3.63, 3.8) is 0 Å². The number of pyridine rings is 1. The predicted molar refractivity (Wildman–Crippen MR) is 117 cm³/mol. The third-order valence-corrected chi connectivity index (χ3v) is 6.91. The smallest absolute Gasteiger partial charge is 0.264 e. The highest BCUT2D eigenvalue weighted by molar-refractivity contribution is 9.10. The summed E-state index contributed by atoms with van der Waals surface area (Å²) in [6.45, 7) is 1.65. The van der Waals surface area contributed by atoms with Gasteiger partial charge in [0.15, 0.2) is 5.78 Å². The molecular formula is C22H21BrN2O3S. The second kappa shape index (κ2) is 9.33. The Morgan fingerprint density at radius 1 is 1.03 bits per heavy atom. The quantitative estimate of drug-likeness (QED) is 0.482. The Bertz CT molecular complexity index is 1090. The van der Waals surface area contributed by atoms with Crippen molar-refractivity contribution in [1.82, 2.24) is 4.98 Å². The molecule has 0 unspecified atom stereocenters. The highest BCUT2D eigenvalue weighted by atomic mass is 79.9. The van der Waals surface area contributed by atoms with Crippen LogP contribution >= 0.6 is 15.9 Å². The van der Waals surface area contributed by atoms with Gasteiger partial charge in [0.1, 0.15) is 0 Å². The molecule has 0 fully saturated rings. The first kappa shape index (κ1) is 21.2. The molecule has 0 N–H and O–H groups in total. The Labute approximate surface area is 179 Å². The van der Waals surface area contributed by atoms with E-state index in [-0.39, 0.29) is 23.6 Å². The molecule has 0 radical (unpaired) electrons. The summed E-state index contributed by atoms with van der Waals surface area (Å²) in [5, 5.41) is 0. The number of nitrogens with zero attached hydrogens (tertiary/aromatic N) is 2. The van der Waals surface area contributed by atoms with Gasteiger partial charge in [0.2, 0.25) is 0 Å². The predicted octanol–water partition coefficient (Wildman–Crippen LogP) is 4.55. The number of hydrogen-bond acceptors (Lipinski definition) is 4. The zero-order valence-electron chi connectivity index (χ0n) is 16.0. The number of sulfonamides is 1. The number of ketones is 1. The topological polar surface area (TPSA) is 67.3 Å². The number of Topliss-reactive ketones (excluding diaryl/α,β-unsaturated/α-hetero) is 1. The number of anilines is 1. The minimum atomic E-state index is -3.90. The molecule has 0 saturated heterocycles. The minimum absolute atomic E-state index is 0.148. The summed E-state index contributed by atoms with van der Waals surface area (Å²) in [4.78, 5) is 16.9. The van der Waals surface area contributed by atoms with Gasteiger partial charge in [-0.2, -0.15) is 0 Å². The summed E-state index contributed by atoms with van der Waals surface area (Å²) < 4.78 is 28.5. The summed E-state index contributed by atoms with van der Waals surface area (Å²) in [5.74, 6) is -0.158. The second-order valence-corrected chi connectivity index (χ2v) is 9.39. The van der Waals surface area contributed by atoms with Gasteiger partial charge in [-0.3, -0.25) is 14.1 Å². The molecule has 1 heterocycles. The van der Waals surface area contributed by atoms with Crippen LogP contribution in [0.4, 0.5) is 5.69 Å². The van der Waals surface area contributed by atoms with Crippen LogP contribution in [0.5, 0.6) is 0 Å². The molecule has 0 bridgehead atoms. The summed E-state index contributed by atoms with van der Waals surface area (Å²) in [6.07, 6.45) is 4.13. The number of rotatable bonds is 8. The van der Waals surface area contributed by atoms with Crippen LogP contribution in [0.1, 0.15) is 17.5 Å². The first-order valence-corrected chi connectivity index (χ1v) is 11.4. The van der Waals surface area contributed by atoms with Crippen LogP contribution in [-0.2, 0) is 21.2 Å². The zero-order chi connectivity index (χ0) is 20.9. The van der Waals surface area contributed by atoms with Gasteiger partial charge in [-0.05, 0) is 76.8 Å². The minimum Gasteiger partial charge on any atom is -0.298 e. The molecule has 150 valence electrons. The fourth-order valence-electron chi connectivity index (χ4n) is 2.91. The van der Waals surface area contributed by atoms with Crippen LogP contribution < -0.4 is 4.31 Å². The lowest BCUT2D eigenvalue weighted by atomic mass is 10.1. The lowest BCUT2D eigenvalue weighted by molar-refractivity contribution is -0.117. The van der Waals surface area contributed by atoms with E-state index in [4.69, 9.17) is 0 Å². The molecule has 0 aliphatic heterocycles.